The Morgan fingerprint density at radius 2 is 2.35 bits per heavy atom. The quantitative estimate of drug-likeness (QED) is 0.754. The van der Waals surface area contributed by atoms with Crippen molar-refractivity contribution in [3.8, 4) is 5.75 Å². The summed E-state index contributed by atoms with van der Waals surface area (Å²) in [6, 6.07) is 6.44. The van der Waals surface area contributed by atoms with E-state index >= 15 is 0 Å². The molecule has 0 amide bonds. The van der Waals surface area contributed by atoms with E-state index in [-0.39, 0.29) is 11.7 Å². The number of nitrogens with two attached hydrogens (primary N) is 1. The van der Waals surface area contributed by atoms with Crippen LogP contribution in [-0.2, 0) is 15.3 Å². The summed E-state index contributed by atoms with van der Waals surface area (Å²) < 4.78 is 4.81. The van der Waals surface area contributed by atoms with Crippen molar-refractivity contribution in [3.05, 3.63) is 29.8 Å². The lowest BCUT2D eigenvalue weighted by Gasteiger charge is -2.10. The first-order chi connectivity index (χ1) is 8.13. The number of hydrogen-bond donors (Lipinski definition) is 2. The molecule has 1 unspecified atom stereocenters. The van der Waals surface area contributed by atoms with Crippen LogP contribution in [0.4, 0.5) is 0 Å². The Morgan fingerprint density at radius 3 is 3.00 bits per heavy atom. The normalized spacial score (nSPS) is 12.1. The van der Waals surface area contributed by atoms with E-state index in [9.17, 15) is 9.90 Å². The number of carbonyl (C=O) groups excluding carboxylic acids is 1. The van der Waals surface area contributed by atoms with Crippen molar-refractivity contribution in [1.29, 1.82) is 0 Å². The Labute approximate surface area is 105 Å². The van der Waals surface area contributed by atoms with Gasteiger partial charge in [0.1, 0.15) is 11.8 Å². The fourth-order valence-electron chi connectivity index (χ4n) is 1.27. The van der Waals surface area contributed by atoms with Crippen molar-refractivity contribution in [2.24, 2.45) is 5.73 Å². The molecule has 0 aliphatic heterocycles. The topological polar surface area (TPSA) is 72.5 Å². The van der Waals surface area contributed by atoms with Gasteiger partial charge in [-0.2, -0.15) is 11.8 Å². The highest BCUT2D eigenvalue weighted by molar-refractivity contribution is 7.98. The van der Waals surface area contributed by atoms with Gasteiger partial charge in [0.15, 0.2) is 0 Å². The summed E-state index contributed by atoms with van der Waals surface area (Å²) in [4.78, 5) is 11.2. The van der Waals surface area contributed by atoms with E-state index in [1.54, 1.807) is 36.9 Å². The highest BCUT2D eigenvalue weighted by atomic mass is 32.2. The Bertz CT molecular complexity index is 371. The van der Waals surface area contributed by atoms with Gasteiger partial charge in [0.25, 0.3) is 0 Å². The number of esters is 1. The maximum atomic E-state index is 11.2. The molecule has 1 rings (SSSR count). The second kappa shape index (κ2) is 7.19. The molecule has 0 bridgehead atoms. The molecule has 1 atom stereocenters. The Kier molecular flexibility index (Phi) is 5.86. The Balaban J connectivity index is 2.30. The van der Waals surface area contributed by atoms with Crippen LogP contribution < -0.4 is 5.73 Å². The zero-order chi connectivity index (χ0) is 12.7. The first-order valence-corrected chi connectivity index (χ1v) is 6.56. The lowest BCUT2D eigenvalue weighted by Crippen LogP contribution is -2.34. The largest absolute Gasteiger partial charge is 0.508 e. The fourth-order valence-corrected chi connectivity index (χ4v) is 2.19. The second-order valence-corrected chi connectivity index (χ2v) is 4.57. The molecule has 0 aliphatic carbocycles. The molecule has 0 aromatic heterocycles. The van der Waals surface area contributed by atoms with Crippen LogP contribution in [0.25, 0.3) is 0 Å². The minimum atomic E-state index is -0.586. The molecule has 0 saturated heterocycles. The van der Waals surface area contributed by atoms with Crippen molar-refractivity contribution in [3.63, 3.8) is 0 Å². The van der Waals surface area contributed by atoms with Crippen LogP contribution in [0.5, 0.6) is 5.75 Å². The fraction of sp³-hybridized carbons (Fsp3) is 0.417. The molecule has 94 valence electrons. The van der Waals surface area contributed by atoms with E-state index < -0.39 is 6.04 Å². The molecule has 0 heterocycles. The molecule has 0 spiro atoms. The maximum Gasteiger partial charge on any atom is 0.323 e. The molecule has 3 N–H and O–H groups in total. The summed E-state index contributed by atoms with van der Waals surface area (Å²) in [6.07, 6.45) is 0. The van der Waals surface area contributed by atoms with Gasteiger partial charge in [-0.3, -0.25) is 4.79 Å². The third kappa shape index (κ3) is 5.10. The predicted molar refractivity (Wildman–Crippen MR) is 68.9 cm³/mol. The SMILES string of the molecule is CCOC(=O)C(N)CSCc1cccc(O)c1. The highest BCUT2D eigenvalue weighted by Gasteiger charge is 2.13. The van der Waals surface area contributed by atoms with Crippen molar-refractivity contribution in [2.45, 2.75) is 18.7 Å². The van der Waals surface area contributed by atoms with Crippen LogP contribution in [0.2, 0.25) is 0 Å². The minimum Gasteiger partial charge on any atom is -0.508 e. The van der Waals surface area contributed by atoms with Gasteiger partial charge in [-0.1, -0.05) is 12.1 Å². The summed E-state index contributed by atoms with van der Waals surface area (Å²) >= 11 is 1.54. The Hall–Kier alpha value is -1.20. The third-order valence-corrected chi connectivity index (χ3v) is 3.20. The summed E-state index contributed by atoms with van der Waals surface area (Å²) in [6.45, 7) is 2.11. The van der Waals surface area contributed by atoms with E-state index in [0.29, 0.717) is 18.1 Å². The lowest BCUT2D eigenvalue weighted by atomic mass is 10.2. The monoisotopic (exact) mass is 255 g/mol. The van der Waals surface area contributed by atoms with Crippen molar-refractivity contribution < 1.29 is 14.6 Å². The molecule has 4 nitrogen and oxygen atoms in total. The van der Waals surface area contributed by atoms with Gasteiger partial charge >= 0.3 is 5.97 Å². The van der Waals surface area contributed by atoms with Gasteiger partial charge in [-0.05, 0) is 24.6 Å². The van der Waals surface area contributed by atoms with Crippen molar-refractivity contribution in [1.82, 2.24) is 0 Å². The van der Waals surface area contributed by atoms with Crippen molar-refractivity contribution in [2.75, 3.05) is 12.4 Å². The van der Waals surface area contributed by atoms with Crippen LogP contribution >= 0.6 is 11.8 Å². The van der Waals surface area contributed by atoms with Gasteiger partial charge in [-0.15, -0.1) is 0 Å². The molecule has 0 radical (unpaired) electrons. The molecular weight excluding hydrogens is 238 g/mol. The summed E-state index contributed by atoms with van der Waals surface area (Å²) in [5.41, 5.74) is 6.66. The number of thioether (sulfide) groups is 1. The maximum absolute atomic E-state index is 11.2. The van der Waals surface area contributed by atoms with E-state index in [4.69, 9.17) is 10.5 Å². The van der Waals surface area contributed by atoms with Crippen LogP contribution in [-0.4, -0.2) is 29.5 Å². The highest BCUT2D eigenvalue weighted by Crippen LogP contribution is 2.17. The average molecular weight is 255 g/mol. The molecule has 5 heteroatoms. The number of benzene rings is 1. The molecule has 1 aromatic rings. The second-order valence-electron chi connectivity index (χ2n) is 3.54. The predicted octanol–water partition coefficient (Wildman–Crippen LogP) is 1.52. The van der Waals surface area contributed by atoms with Crippen LogP contribution in [0.15, 0.2) is 24.3 Å². The number of phenols is 1. The zero-order valence-electron chi connectivity index (χ0n) is 9.76. The molecule has 0 saturated carbocycles. The molecule has 0 aliphatic rings. The Morgan fingerprint density at radius 1 is 1.59 bits per heavy atom. The van der Waals surface area contributed by atoms with E-state index in [2.05, 4.69) is 0 Å². The molecule has 1 aromatic carbocycles. The summed E-state index contributed by atoms with van der Waals surface area (Å²) in [5.74, 6) is 1.10. The number of hydrogen-bond acceptors (Lipinski definition) is 5. The van der Waals surface area contributed by atoms with Crippen LogP contribution in [0, 0.1) is 0 Å². The van der Waals surface area contributed by atoms with Crippen molar-refractivity contribution >= 4 is 17.7 Å². The number of rotatable bonds is 6. The van der Waals surface area contributed by atoms with E-state index in [1.807, 2.05) is 6.07 Å². The van der Waals surface area contributed by atoms with Gasteiger partial charge < -0.3 is 15.6 Å². The number of phenolic OH excluding ortho intramolecular Hbond substituents is 1. The van der Waals surface area contributed by atoms with E-state index in [0.717, 1.165) is 5.56 Å². The zero-order valence-corrected chi connectivity index (χ0v) is 10.6. The van der Waals surface area contributed by atoms with Gasteiger partial charge in [0.05, 0.1) is 6.61 Å². The molecule has 0 fully saturated rings. The average Bonchev–Trinajstić information content (AvgIpc) is 2.29. The third-order valence-electron chi connectivity index (χ3n) is 2.07. The molecule has 17 heavy (non-hydrogen) atoms. The summed E-state index contributed by atoms with van der Waals surface area (Å²) in [7, 11) is 0. The first-order valence-electron chi connectivity index (χ1n) is 5.41. The number of aromatic hydroxyl groups is 1. The lowest BCUT2D eigenvalue weighted by molar-refractivity contribution is -0.144. The van der Waals surface area contributed by atoms with Crippen LogP contribution in [0.1, 0.15) is 12.5 Å². The van der Waals surface area contributed by atoms with Crippen LogP contribution in [0.3, 0.4) is 0 Å². The first kappa shape index (κ1) is 13.9. The number of carbonyl (C=O) groups is 1. The minimum absolute atomic E-state index is 0.248. The van der Waals surface area contributed by atoms with Gasteiger partial charge in [-0.25, -0.2) is 0 Å². The standard InChI is InChI=1S/C12H17NO3S/c1-2-16-12(15)11(13)8-17-7-9-4-3-5-10(14)6-9/h3-6,11,14H,2,7-8,13H2,1H3. The molecular formula is C12H17NO3S. The number of ether oxygens (including phenoxy) is 1. The smallest absolute Gasteiger partial charge is 0.323 e. The summed E-state index contributed by atoms with van der Waals surface area (Å²) in [5, 5.41) is 9.27. The van der Waals surface area contributed by atoms with Gasteiger partial charge in [0.2, 0.25) is 0 Å². The van der Waals surface area contributed by atoms with E-state index in [1.165, 1.54) is 0 Å². The van der Waals surface area contributed by atoms with Gasteiger partial charge in [0, 0.05) is 11.5 Å².